The van der Waals surface area contributed by atoms with Crippen LogP contribution in [0.2, 0.25) is 0 Å². The van der Waals surface area contributed by atoms with Gasteiger partial charge in [-0.1, -0.05) is 6.92 Å². The Bertz CT molecular complexity index is 262. The normalized spacial score (nSPS) is 22.1. The molecule has 0 bridgehead atoms. The van der Waals surface area contributed by atoms with Crippen LogP contribution in [0.25, 0.3) is 0 Å². The van der Waals surface area contributed by atoms with Gasteiger partial charge in [-0.05, 0) is 19.4 Å². The van der Waals surface area contributed by atoms with E-state index in [-0.39, 0.29) is 17.9 Å². The fourth-order valence-electron chi connectivity index (χ4n) is 2.03. The van der Waals surface area contributed by atoms with Crippen LogP contribution in [0.1, 0.15) is 19.8 Å². The molecule has 2 unspecified atom stereocenters. The summed E-state index contributed by atoms with van der Waals surface area (Å²) in [5.74, 6) is -0.397. The van der Waals surface area contributed by atoms with Crippen LogP contribution in [0.3, 0.4) is 0 Å². The van der Waals surface area contributed by atoms with Crippen molar-refractivity contribution in [2.75, 3.05) is 53.3 Å². The number of hydrogen-bond acceptors (Lipinski definition) is 6. The molecule has 6 nitrogen and oxygen atoms in total. The second-order valence-electron chi connectivity index (χ2n) is 4.83. The number of methoxy groups -OCH3 is 1. The minimum Gasteiger partial charge on any atom is -0.463 e. The summed E-state index contributed by atoms with van der Waals surface area (Å²) >= 11 is 0. The zero-order valence-corrected chi connectivity index (χ0v) is 12.6. The second-order valence-corrected chi connectivity index (χ2v) is 4.83. The number of carbonyl (C=O) groups excluding carboxylic acids is 1. The average Bonchev–Trinajstić information content (AvgIpc) is 2.92. The molecule has 1 rings (SSSR count). The number of ether oxygens (including phenoxy) is 4. The molecule has 1 fully saturated rings. The first-order valence-electron chi connectivity index (χ1n) is 7.34. The van der Waals surface area contributed by atoms with Crippen LogP contribution in [0.15, 0.2) is 0 Å². The van der Waals surface area contributed by atoms with Crippen LogP contribution in [-0.2, 0) is 23.7 Å². The van der Waals surface area contributed by atoms with E-state index in [0.717, 1.165) is 19.4 Å². The SMILES string of the molecule is CCCNC1COCC1C(=O)OCCOCCCOC. The van der Waals surface area contributed by atoms with Gasteiger partial charge in [0.1, 0.15) is 6.61 Å². The van der Waals surface area contributed by atoms with E-state index in [0.29, 0.717) is 39.6 Å². The minimum absolute atomic E-state index is 0.0741. The maximum absolute atomic E-state index is 11.9. The first-order chi connectivity index (χ1) is 9.79. The van der Waals surface area contributed by atoms with Crippen molar-refractivity contribution in [3.05, 3.63) is 0 Å². The Kier molecular flexibility index (Phi) is 9.57. The van der Waals surface area contributed by atoms with Crippen molar-refractivity contribution in [3.63, 3.8) is 0 Å². The zero-order chi connectivity index (χ0) is 14.6. The standard InChI is InChI=1S/C14H27NO5/c1-3-5-15-13-11-19-10-12(13)14(16)20-9-8-18-7-4-6-17-2/h12-13,15H,3-11H2,1-2H3. The van der Waals surface area contributed by atoms with Crippen LogP contribution in [0, 0.1) is 5.92 Å². The van der Waals surface area contributed by atoms with Crippen LogP contribution >= 0.6 is 0 Å². The first-order valence-corrected chi connectivity index (χ1v) is 7.34. The van der Waals surface area contributed by atoms with E-state index in [9.17, 15) is 4.79 Å². The van der Waals surface area contributed by atoms with Crippen LogP contribution < -0.4 is 5.32 Å². The first kappa shape index (κ1) is 17.4. The molecule has 6 heteroatoms. The maximum Gasteiger partial charge on any atom is 0.313 e. The summed E-state index contributed by atoms with van der Waals surface area (Å²) in [6.07, 6.45) is 1.89. The average molecular weight is 289 g/mol. The van der Waals surface area contributed by atoms with E-state index in [2.05, 4.69) is 12.2 Å². The van der Waals surface area contributed by atoms with E-state index in [1.807, 2.05) is 0 Å². The molecule has 1 aliphatic heterocycles. The van der Waals surface area contributed by atoms with Gasteiger partial charge in [0.2, 0.25) is 0 Å². The molecule has 20 heavy (non-hydrogen) atoms. The number of nitrogens with one attached hydrogen (secondary N) is 1. The highest BCUT2D eigenvalue weighted by atomic mass is 16.6. The minimum atomic E-state index is -0.199. The van der Waals surface area contributed by atoms with Gasteiger partial charge in [-0.2, -0.15) is 0 Å². The molecule has 0 radical (unpaired) electrons. The van der Waals surface area contributed by atoms with E-state index < -0.39 is 0 Å². The van der Waals surface area contributed by atoms with Gasteiger partial charge in [0, 0.05) is 26.4 Å². The highest BCUT2D eigenvalue weighted by Gasteiger charge is 2.34. The third-order valence-corrected chi connectivity index (χ3v) is 3.15. The molecule has 0 aliphatic carbocycles. The van der Waals surface area contributed by atoms with E-state index >= 15 is 0 Å². The summed E-state index contributed by atoms with van der Waals surface area (Å²) in [5, 5.41) is 3.32. The predicted octanol–water partition coefficient (Wildman–Crippen LogP) is 0.597. The van der Waals surface area contributed by atoms with E-state index in [1.54, 1.807) is 7.11 Å². The Morgan fingerprint density at radius 1 is 1.25 bits per heavy atom. The molecule has 1 N–H and O–H groups in total. The molecule has 1 saturated heterocycles. The monoisotopic (exact) mass is 289 g/mol. The Hall–Kier alpha value is -0.690. The Morgan fingerprint density at radius 3 is 2.85 bits per heavy atom. The van der Waals surface area contributed by atoms with Crippen molar-refractivity contribution in [2.45, 2.75) is 25.8 Å². The van der Waals surface area contributed by atoms with Crippen molar-refractivity contribution < 1.29 is 23.7 Å². The topological polar surface area (TPSA) is 66.0 Å². The van der Waals surface area contributed by atoms with Crippen molar-refractivity contribution in [2.24, 2.45) is 5.92 Å². The summed E-state index contributed by atoms with van der Waals surface area (Å²) in [6.45, 7) is 6.03. The summed E-state index contributed by atoms with van der Waals surface area (Å²) in [6, 6.07) is 0.0741. The predicted molar refractivity (Wildman–Crippen MR) is 74.7 cm³/mol. The molecular weight excluding hydrogens is 262 g/mol. The molecule has 0 aromatic rings. The van der Waals surface area contributed by atoms with Crippen molar-refractivity contribution in [1.29, 1.82) is 0 Å². The lowest BCUT2D eigenvalue weighted by Gasteiger charge is -2.17. The molecule has 0 spiro atoms. The van der Waals surface area contributed by atoms with Gasteiger partial charge in [0.25, 0.3) is 0 Å². The summed E-state index contributed by atoms with van der Waals surface area (Å²) in [5.41, 5.74) is 0. The van der Waals surface area contributed by atoms with Gasteiger partial charge in [-0.3, -0.25) is 4.79 Å². The zero-order valence-electron chi connectivity index (χ0n) is 12.6. The largest absolute Gasteiger partial charge is 0.463 e. The number of hydrogen-bond donors (Lipinski definition) is 1. The molecule has 1 heterocycles. The van der Waals surface area contributed by atoms with Crippen molar-refractivity contribution in [1.82, 2.24) is 5.32 Å². The Labute approximate surface area is 121 Å². The fourth-order valence-corrected chi connectivity index (χ4v) is 2.03. The summed E-state index contributed by atoms with van der Waals surface area (Å²) in [7, 11) is 1.66. The van der Waals surface area contributed by atoms with Crippen LogP contribution in [0.5, 0.6) is 0 Å². The molecule has 0 amide bonds. The quantitative estimate of drug-likeness (QED) is 0.444. The lowest BCUT2D eigenvalue weighted by molar-refractivity contribution is -0.150. The van der Waals surface area contributed by atoms with Crippen molar-refractivity contribution in [3.8, 4) is 0 Å². The second kappa shape index (κ2) is 11.0. The van der Waals surface area contributed by atoms with Crippen LogP contribution in [-0.4, -0.2) is 65.3 Å². The van der Waals surface area contributed by atoms with Gasteiger partial charge in [0.05, 0.1) is 25.7 Å². The Balaban J connectivity index is 2.09. The highest BCUT2D eigenvalue weighted by Crippen LogP contribution is 2.15. The smallest absolute Gasteiger partial charge is 0.313 e. The lowest BCUT2D eigenvalue weighted by Crippen LogP contribution is -2.40. The number of carbonyl (C=O) groups is 1. The molecule has 0 aromatic carbocycles. The van der Waals surface area contributed by atoms with Crippen molar-refractivity contribution >= 4 is 5.97 Å². The summed E-state index contributed by atoms with van der Waals surface area (Å²) < 4.78 is 20.8. The third-order valence-electron chi connectivity index (χ3n) is 3.15. The summed E-state index contributed by atoms with van der Waals surface area (Å²) in [4.78, 5) is 11.9. The third kappa shape index (κ3) is 6.65. The molecule has 118 valence electrons. The molecule has 0 saturated carbocycles. The Morgan fingerprint density at radius 2 is 2.10 bits per heavy atom. The van der Waals surface area contributed by atoms with Gasteiger partial charge in [0.15, 0.2) is 0 Å². The number of esters is 1. The number of rotatable bonds is 11. The van der Waals surface area contributed by atoms with Gasteiger partial charge < -0.3 is 24.3 Å². The molecular formula is C14H27NO5. The van der Waals surface area contributed by atoms with E-state index in [1.165, 1.54) is 0 Å². The molecule has 2 atom stereocenters. The van der Waals surface area contributed by atoms with Gasteiger partial charge >= 0.3 is 5.97 Å². The van der Waals surface area contributed by atoms with E-state index in [4.69, 9.17) is 18.9 Å². The highest BCUT2D eigenvalue weighted by molar-refractivity contribution is 5.73. The molecule has 1 aliphatic rings. The van der Waals surface area contributed by atoms with Crippen LogP contribution in [0.4, 0.5) is 0 Å². The lowest BCUT2D eigenvalue weighted by atomic mass is 10.0. The fraction of sp³-hybridized carbons (Fsp3) is 0.929. The van der Waals surface area contributed by atoms with Gasteiger partial charge in [-0.25, -0.2) is 0 Å². The maximum atomic E-state index is 11.9. The molecule has 0 aromatic heterocycles. The van der Waals surface area contributed by atoms with Gasteiger partial charge in [-0.15, -0.1) is 0 Å².